The van der Waals surface area contributed by atoms with E-state index in [4.69, 9.17) is 4.74 Å². The van der Waals surface area contributed by atoms with Crippen molar-refractivity contribution in [2.45, 2.75) is 39.8 Å². The monoisotopic (exact) mass is 239 g/mol. The molecule has 0 bridgehead atoms. The highest BCUT2D eigenvalue weighted by molar-refractivity contribution is 5.67. The normalized spacial score (nSPS) is 11.1. The zero-order chi connectivity index (χ0) is 13.1. The van der Waals surface area contributed by atoms with Crippen LogP contribution in [-0.4, -0.2) is 11.7 Å². The summed E-state index contributed by atoms with van der Waals surface area (Å²) in [6, 6.07) is 4.82. The smallest absolute Gasteiger partial charge is 0.407 e. The average Bonchev–Trinajstić information content (AvgIpc) is 2.14. The van der Waals surface area contributed by atoms with Crippen LogP contribution in [-0.2, 0) is 11.3 Å². The lowest BCUT2D eigenvalue weighted by Crippen LogP contribution is -2.32. The molecule has 0 fully saturated rings. The molecule has 1 rings (SSSR count). The summed E-state index contributed by atoms with van der Waals surface area (Å²) in [6.45, 7) is 7.27. The van der Waals surface area contributed by atoms with Gasteiger partial charge in [0.15, 0.2) is 0 Å². The van der Waals surface area contributed by atoms with Gasteiger partial charge in [-0.2, -0.15) is 0 Å². The Hall–Kier alpha value is -1.58. The first-order valence-corrected chi connectivity index (χ1v) is 5.50. The molecule has 0 aliphatic rings. The lowest BCUT2D eigenvalue weighted by Gasteiger charge is -2.20. The quantitative estimate of drug-likeness (QED) is 0.860. The standard InChI is InChI=1S/C13H18FNO2/c1-9-6-5-7-11(14)10(9)8-15-12(16)17-13(2,3)4/h5-7H,8H2,1-4H3,(H,15,16). The first kappa shape index (κ1) is 13.5. The van der Waals surface area contributed by atoms with Crippen LogP contribution in [0.5, 0.6) is 0 Å². The molecule has 0 atom stereocenters. The molecule has 0 spiro atoms. The van der Waals surface area contributed by atoms with Crippen LogP contribution in [0.4, 0.5) is 9.18 Å². The third kappa shape index (κ3) is 4.43. The fourth-order valence-corrected chi connectivity index (χ4v) is 1.37. The van der Waals surface area contributed by atoms with Crippen molar-refractivity contribution in [3.8, 4) is 0 Å². The maximum absolute atomic E-state index is 13.4. The number of benzene rings is 1. The van der Waals surface area contributed by atoms with Gasteiger partial charge in [-0.3, -0.25) is 0 Å². The van der Waals surface area contributed by atoms with Crippen LogP contribution in [0.2, 0.25) is 0 Å². The second-order valence-electron chi connectivity index (χ2n) is 4.89. The van der Waals surface area contributed by atoms with E-state index in [0.717, 1.165) is 5.56 Å². The van der Waals surface area contributed by atoms with Crippen molar-refractivity contribution in [1.29, 1.82) is 0 Å². The van der Waals surface area contributed by atoms with Gasteiger partial charge in [0.05, 0.1) is 0 Å². The molecule has 4 heteroatoms. The molecule has 3 nitrogen and oxygen atoms in total. The van der Waals surface area contributed by atoms with E-state index in [1.165, 1.54) is 6.07 Å². The largest absolute Gasteiger partial charge is 0.444 e. The van der Waals surface area contributed by atoms with E-state index in [2.05, 4.69) is 5.32 Å². The maximum Gasteiger partial charge on any atom is 0.407 e. The van der Waals surface area contributed by atoms with E-state index in [0.29, 0.717) is 5.56 Å². The van der Waals surface area contributed by atoms with Gasteiger partial charge in [0.1, 0.15) is 11.4 Å². The van der Waals surface area contributed by atoms with E-state index in [9.17, 15) is 9.18 Å². The van der Waals surface area contributed by atoms with Gasteiger partial charge in [-0.15, -0.1) is 0 Å². The molecule has 0 aliphatic heterocycles. The number of hydrogen-bond acceptors (Lipinski definition) is 2. The molecule has 0 unspecified atom stereocenters. The summed E-state index contributed by atoms with van der Waals surface area (Å²) in [4.78, 5) is 11.4. The molecule has 0 aromatic heterocycles. The van der Waals surface area contributed by atoms with Gasteiger partial charge in [0.2, 0.25) is 0 Å². The topological polar surface area (TPSA) is 38.3 Å². The van der Waals surface area contributed by atoms with Gasteiger partial charge in [-0.05, 0) is 39.3 Å². The molecule has 17 heavy (non-hydrogen) atoms. The maximum atomic E-state index is 13.4. The second kappa shape index (κ2) is 5.17. The predicted octanol–water partition coefficient (Wildman–Crippen LogP) is 3.16. The molecule has 1 N–H and O–H groups in total. The van der Waals surface area contributed by atoms with Crippen LogP contribution < -0.4 is 5.32 Å². The average molecular weight is 239 g/mol. The summed E-state index contributed by atoms with van der Waals surface area (Å²) in [5.74, 6) is -0.318. The summed E-state index contributed by atoms with van der Waals surface area (Å²) in [5, 5.41) is 2.54. The Morgan fingerprint density at radius 2 is 2.06 bits per heavy atom. The number of alkyl carbamates (subject to hydrolysis) is 1. The number of amides is 1. The molecule has 1 aromatic rings. The molecular formula is C13H18FNO2. The first-order valence-electron chi connectivity index (χ1n) is 5.50. The van der Waals surface area contributed by atoms with Crippen molar-refractivity contribution in [3.05, 3.63) is 35.1 Å². The third-order valence-electron chi connectivity index (χ3n) is 2.16. The lowest BCUT2D eigenvalue weighted by atomic mass is 10.1. The Morgan fingerprint density at radius 1 is 1.41 bits per heavy atom. The van der Waals surface area contributed by atoms with Gasteiger partial charge in [0.25, 0.3) is 0 Å². The number of aryl methyl sites for hydroxylation is 1. The number of carbonyl (C=O) groups excluding carboxylic acids is 1. The van der Waals surface area contributed by atoms with Gasteiger partial charge in [0, 0.05) is 12.1 Å². The van der Waals surface area contributed by atoms with Crippen LogP contribution >= 0.6 is 0 Å². The number of halogens is 1. The predicted molar refractivity (Wildman–Crippen MR) is 64.2 cm³/mol. The second-order valence-corrected chi connectivity index (χ2v) is 4.89. The van der Waals surface area contributed by atoms with Crippen LogP contribution in [0.3, 0.4) is 0 Å². The van der Waals surface area contributed by atoms with E-state index in [-0.39, 0.29) is 12.4 Å². The number of carbonyl (C=O) groups is 1. The Kier molecular flexibility index (Phi) is 4.10. The van der Waals surface area contributed by atoms with Crippen molar-refractivity contribution in [1.82, 2.24) is 5.32 Å². The van der Waals surface area contributed by atoms with Crippen LogP contribution in [0.15, 0.2) is 18.2 Å². The number of ether oxygens (including phenoxy) is 1. The summed E-state index contributed by atoms with van der Waals surface area (Å²) in [7, 11) is 0. The fourth-order valence-electron chi connectivity index (χ4n) is 1.37. The van der Waals surface area contributed by atoms with Crippen molar-refractivity contribution < 1.29 is 13.9 Å². The van der Waals surface area contributed by atoms with Crippen LogP contribution in [0.25, 0.3) is 0 Å². The highest BCUT2D eigenvalue weighted by atomic mass is 19.1. The van der Waals surface area contributed by atoms with Crippen LogP contribution in [0.1, 0.15) is 31.9 Å². The molecule has 0 aliphatic carbocycles. The Labute approximate surface area is 101 Å². The highest BCUT2D eigenvalue weighted by Crippen LogP contribution is 2.12. The third-order valence-corrected chi connectivity index (χ3v) is 2.16. The van der Waals surface area contributed by atoms with Crippen molar-refractivity contribution in [3.63, 3.8) is 0 Å². The Bertz CT molecular complexity index is 390. The highest BCUT2D eigenvalue weighted by Gasteiger charge is 2.16. The number of nitrogens with one attached hydrogen (secondary N) is 1. The summed E-state index contributed by atoms with van der Waals surface area (Å²) in [5.41, 5.74) is 0.744. The number of rotatable bonds is 2. The minimum Gasteiger partial charge on any atom is -0.444 e. The SMILES string of the molecule is Cc1cccc(F)c1CNC(=O)OC(C)(C)C. The van der Waals surface area contributed by atoms with E-state index in [1.807, 2.05) is 0 Å². The van der Waals surface area contributed by atoms with E-state index in [1.54, 1.807) is 39.8 Å². The molecule has 0 saturated heterocycles. The summed E-state index contributed by atoms with van der Waals surface area (Å²) >= 11 is 0. The molecule has 0 radical (unpaired) electrons. The summed E-state index contributed by atoms with van der Waals surface area (Å²) in [6.07, 6.45) is -0.542. The molecular weight excluding hydrogens is 221 g/mol. The van der Waals surface area contributed by atoms with E-state index >= 15 is 0 Å². The Morgan fingerprint density at radius 3 is 2.59 bits per heavy atom. The minimum absolute atomic E-state index is 0.132. The minimum atomic E-state index is -0.547. The van der Waals surface area contributed by atoms with Gasteiger partial charge >= 0.3 is 6.09 Å². The molecule has 1 aromatic carbocycles. The van der Waals surface area contributed by atoms with Gasteiger partial charge in [-0.1, -0.05) is 12.1 Å². The molecule has 0 heterocycles. The molecule has 94 valence electrons. The lowest BCUT2D eigenvalue weighted by molar-refractivity contribution is 0.0523. The summed E-state index contributed by atoms with van der Waals surface area (Å²) < 4.78 is 18.5. The van der Waals surface area contributed by atoms with Crippen molar-refractivity contribution >= 4 is 6.09 Å². The molecule has 1 amide bonds. The fraction of sp³-hybridized carbons (Fsp3) is 0.462. The van der Waals surface area contributed by atoms with Gasteiger partial charge < -0.3 is 10.1 Å². The molecule has 0 saturated carbocycles. The van der Waals surface area contributed by atoms with Crippen molar-refractivity contribution in [2.75, 3.05) is 0 Å². The van der Waals surface area contributed by atoms with Crippen molar-refractivity contribution in [2.24, 2.45) is 0 Å². The van der Waals surface area contributed by atoms with E-state index < -0.39 is 11.7 Å². The zero-order valence-corrected chi connectivity index (χ0v) is 10.6. The Balaban J connectivity index is 2.59. The number of hydrogen-bond donors (Lipinski definition) is 1. The van der Waals surface area contributed by atoms with Crippen LogP contribution in [0, 0.1) is 12.7 Å². The first-order chi connectivity index (χ1) is 7.79. The van der Waals surface area contributed by atoms with Gasteiger partial charge in [-0.25, -0.2) is 9.18 Å². The zero-order valence-electron chi connectivity index (χ0n) is 10.6.